The van der Waals surface area contributed by atoms with Crippen LogP contribution in [0.15, 0.2) is 30.5 Å². The van der Waals surface area contributed by atoms with E-state index in [1.807, 2.05) is 35.1 Å². The largest absolute Gasteiger partial charge is 0.388 e. The molecular formula is C15H18ClIN2O. The number of benzene rings is 1. The van der Waals surface area contributed by atoms with Crippen LogP contribution in [0.2, 0.25) is 5.02 Å². The van der Waals surface area contributed by atoms with E-state index in [2.05, 4.69) is 41.5 Å². The van der Waals surface area contributed by atoms with Crippen LogP contribution in [-0.4, -0.2) is 14.9 Å². The van der Waals surface area contributed by atoms with Crippen LogP contribution in [0.5, 0.6) is 0 Å². The zero-order chi connectivity index (χ0) is 14.7. The first kappa shape index (κ1) is 15.8. The maximum atomic E-state index is 10.4. The molecule has 0 spiro atoms. The number of hydrogen-bond donors (Lipinski definition) is 1. The summed E-state index contributed by atoms with van der Waals surface area (Å²) >= 11 is 8.21. The summed E-state index contributed by atoms with van der Waals surface area (Å²) in [4.78, 5) is 0. The van der Waals surface area contributed by atoms with Crippen LogP contribution in [0.25, 0.3) is 0 Å². The fraction of sp³-hybridized carbons (Fsp3) is 0.400. The van der Waals surface area contributed by atoms with E-state index in [0.29, 0.717) is 17.5 Å². The van der Waals surface area contributed by atoms with E-state index in [4.69, 9.17) is 11.6 Å². The molecule has 2 unspecified atom stereocenters. The van der Waals surface area contributed by atoms with Crippen molar-refractivity contribution in [2.24, 2.45) is 0 Å². The van der Waals surface area contributed by atoms with Crippen molar-refractivity contribution in [1.82, 2.24) is 9.78 Å². The molecule has 1 heterocycles. The molecule has 2 atom stereocenters. The van der Waals surface area contributed by atoms with Crippen LogP contribution in [0.3, 0.4) is 0 Å². The van der Waals surface area contributed by atoms with E-state index in [1.54, 1.807) is 0 Å². The summed E-state index contributed by atoms with van der Waals surface area (Å²) in [6, 6.07) is 7.91. The molecule has 0 fully saturated rings. The maximum absolute atomic E-state index is 10.4. The Morgan fingerprint density at radius 3 is 2.85 bits per heavy atom. The Morgan fingerprint density at radius 1 is 1.40 bits per heavy atom. The Hall–Kier alpha value is -0.590. The average molecular weight is 405 g/mol. The fourth-order valence-electron chi connectivity index (χ4n) is 2.00. The number of aliphatic hydroxyl groups is 1. The second kappa shape index (κ2) is 6.91. The zero-order valence-corrected chi connectivity index (χ0v) is 14.5. The highest BCUT2D eigenvalue weighted by Crippen LogP contribution is 2.26. The van der Waals surface area contributed by atoms with Crippen molar-refractivity contribution in [3.63, 3.8) is 0 Å². The van der Waals surface area contributed by atoms with Crippen LogP contribution in [0.4, 0.5) is 0 Å². The normalized spacial score (nSPS) is 14.2. The summed E-state index contributed by atoms with van der Waals surface area (Å²) in [6.45, 7) is 4.27. The van der Waals surface area contributed by atoms with Gasteiger partial charge in [0.1, 0.15) is 0 Å². The standard InChI is InChI=1S/C15H18ClIN2O/c1-3-10(2)19-7-6-12(18-19)9-15(20)13-8-11(16)4-5-14(13)17/h4-8,10,15,20H,3,9H2,1-2H3. The third-order valence-corrected chi connectivity index (χ3v) is 4.64. The third kappa shape index (κ3) is 3.74. The second-order valence-electron chi connectivity index (χ2n) is 4.93. The minimum Gasteiger partial charge on any atom is -0.388 e. The van der Waals surface area contributed by atoms with Crippen molar-refractivity contribution < 1.29 is 5.11 Å². The number of aromatic nitrogens is 2. The van der Waals surface area contributed by atoms with Crippen molar-refractivity contribution >= 4 is 34.2 Å². The van der Waals surface area contributed by atoms with Gasteiger partial charge in [0.2, 0.25) is 0 Å². The summed E-state index contributed by atoms with van der Waals surface area (Å²) in [5.74, 6) is 0. The van der Waals surface area contributed by atoms with Gasteiger partial charge in [-0.05, 0) is 65.8 Å². The van der Waals surface area contributed by atoms with E-state index < -0.39 is 6.10 Å². The lowest BCUT2D eigenvalue weighted by atomic mass is 10.1. The fourth-order valence-corrected chi connectivity index (χ4v) is 2.87. The number of nitrogens with zero attached hydrogens (tertiary/aromatic N) is 2. The minimum absolute atomic E-state index is 0.382. The molecule has 0 aliphatic carbocycles. The van der Waals surface area contributed by atoms with Crippen molar-refractivity contribution in [1.29, 1.82) is 0 Å². The van der Waals surface area contributed by atoms with Gasteiger partial charge in [-0.2, -0.15) is 5.10 Å². The smallest absolute Gasteiger partial charge is 0.0856 e. The Kier molecular flexibility index (Phi) is 5.46. The average Bonchev–Trinajstić information content (AvgIpc) is 2.89. The molecule has 108 valence electrons. The Bertz CT molecular complexity index is 585. The topological polar surface area (TPSA) is 38.0 Å². The monoisotopic (exact) mass is 404 g/mol. The molecule has 5 heteroatoms. The van der Waals surface area contributed by atoms with Crippen molar-refractivity contribution in [2.75, 3.05) is 0 Å². The van der Waals surface area contributed by atoms with E-state index in [-0.39, 0.29) is 0 Å². The predicted octanol–water partition coefficient (Wildman–Crippen LogP) is 4.39. The van der Waals surface area contributed by atoms with Gasteiger partial charge in [-0.3, -0.25) is 4.68 Å². The summed E-state index contributed by atoms with van der Waals surface area (Å²) in [7, 11) is 0. The van der Waals surface area contributed by atoms with Crippen LogP contribution < -0.4 is 0 Å². The lowest BCUT2D eigenvalue weighted by Gasteiger charge is -2.12. The molecular weight excluding hydrogens is 387 g/mol. The van der Waals surface area contributed by atoms with Crippen LogP contribution in [0, 0.1) is 3.57 Å². The minimum atomic E-state index is -0.583. The van der Waals surface area contributed by atoms with Crippen LogP contribution in [0.1, 0.15) is 43.7 Å². The van der Waals surface area contributed by atoms with Crippen LogP contribution >= 0.6 is 34.2 Å². The number of halogens is 2. The first-order valence-corrected chi connectivity index (χ1v) is 8.14. The molecule has 1 aromatic heterocycles. The van der Waals surface area contributed by atoms with Gasteiger partial charge in [-0.15, -0.1) is 0 Å². The molecule has 1 aromatic carbocycles. The molecule has 1 N–H and O–H groups in total. The zero-order valence-electron chi connectivity index (χ0n) is 11.6. The molecule has 2 rings (SSSR count). The molecule has 3 nitrogen and oxygen atoms in total. The summed E-state index contributed by atoms with van der Waals surface area (Å²) in [5.41, 5.74) is 1.75. The second-order valence-corrected chi connectivity index (χ2v) is 6.53. The highest BCUT2D eigenvalue weighted by atomic mass is 127. The SMILES string of the molecule is CCC(C)n1ccc(CC(O)c2cc(Cl)ccc2I)n1. The van der Waals surface area contributed by atoms with Crippen LogP contribution in [-0.2, 0) is 6.42 Å². The molecule has 0 amide bonds. The van der Waals surface area contributed by atoms with E-state index in [1.165, 1.54) is 0 Å². The van der Waals surface area contributed by atoms with Gasteiger partial charge in [-0.1, -0.05) is 18.5 Å². The Balaban J connectivity index is 2.13. The molecule has 0 saturated heterocycles. The predicted molar refractivity (Wildman–Crippen MR) is 90.1 cm³/mol. The van der Waals surface area contributed by atoms with Gasteiger partial charge >= 0.3 is 0 Å². The quantitative estimate of drug-likeness (QED) is 0.751. The van der Waals surface area contributed by atoms with Crippen molar-refractivity contribution in [2.45, 2.75) is 38.8 Å². The molecule has 2 aromatic rings. The van der Waals surface area contributed by atoms with E-state index >= 15 is 0 Å². The first-order chi connectivity index (χ1) is 9.51. The molecule has 0 aliphatic heterocycles. The summed E-state index contributed by atoms with van der Waals surface area (Å²) < 4.78 is 2.96. The molecule has 20 heavy (non-hydrogen) atoms. The highest BCUT2D eigenvalue weighted by molar-refractivity contribution is 14.1. The van der Waals surface area contributed by atoms with Gasteiger partial charge < -0.3 is 5.11 Å². The van der Waals surface area contributed by atoms with E-state index in [0.717, 1.165) is 21.2 Å². The molecule has 0 aliphatic rings. The lowest BCUT2D eigenvalue weighted by molar-refractivity contribution is 0.176. The Morgan fingerprint density at radius 2 is 2.15 bits per heavy atom. The molecule has 0 saturated carbocycles. The van der Waals surface area contributed by atoms with Crippen molar-refractivity contribution in [3.8, 4) is 0 Å². The van der Waals surface area contributed by atoms with Crippen molar-refractivity contribution in [3.05, 3.63) is 50.3 Å². The summed E-state index contributed by atoms with van der Waals surface area (Å²) in [5, 5.41) is 15.5. The first-order valence-electron chi connectivity index (χ1n) is 6.68. The van der Waals surface area contributed by atoms with Gasteiger partial charge in [0, 0.05) is 27.3 Å². The lowest BCUT2D eigenvalue weighted by Crippen LogP contribution is -2.07. The van der Waals surface area contributed by atoms with Gasteiger partial charge in [0.15, 0.2) is 0 Å². The Labute approximate surface area is 138 Å². The number of hydrogen-bond acceptors (Lipinski definition) is 2. The van der Waals surface area contributed by atoms with Gasteiger partial charge in [0.25, 0.3) is 0 Å². The highest BCUT2D eigenvalue weighted by Gasteiger charge is 2.15. The molecule has 0 bridgehead atoms. The maximum Gasteiger partial charge on any atom is 0.0856 e. The van der Waals surface area contributed by atoms with Gasteiger partial charge in [-0.25, -0.2) is 0 Å². The summed E-state index contributed by atoms with van der Waals surface area (Å²) in [6.07, 6.45) is 2.93. The van der Waals surface area contributed by atoms with Gasteiger partial charge in [0.05, 0.1) is 11.8 Å². The number of rotatable bonds is 5. The third-order valence-electron chi connectivity index (χ3n) is 3.43. The number of aliphatic hydroxyl groups excluding tert-OH is 1. The molecule has 0 radical (unpaired) electrons. The van der Waals surface area contributed by atoms with E-state index in [9.17, 15) is 5.11 Å².